The van der Waals surface area contributed by atoms with Crippen molar-refractivity contribution in [2.75, 3.05) is 6.61 Å². The van der Waals surface area contributed by atoms with E-state index < -0.39 is 0 Å². The molecule has 5 heteroatoms. The van der Waals surface area contributed by atoms with Crippen LogP contribution < -0.4 is 4.74 Å². The SMILES string of the molecule is C=C(CC)C(=O)c1ccc(OC[C]=O)c(Cl)c1Cl. The summed E-state index contributed by atoms with van der Waals surface area (Å²) in [5, 5.41) is 0.196. The van der Waals surface area contributed by atoms with E-state index in [1.165, 1.54) is 12.1 Å². The third-order valence-electron chi connectivity index (χ3n) is 2.33. The lowest BCUT2D eigenvalue weighted by atomic mass is 10.0. The van der Waals surface area contributed by atoms with Gasteiger partial charge >= 0.3 is 0 Å². The molecule has 0 saturated heterocycles. The molecule has 0 bridgehead atoms. The highest BCUT2D eigenvalue weighted by Crippen LogP contribution is 2.35. The molecular formula is C13H11Cl2O3. The first-order valence-corrected chi connectivity index (χ1v) is 5.96. The first kappa shape index (κ1) is 14.7. The number of rotatable bonds is 6. The van der Waals surface area contributed by atoms with E-state index in [1.54, 1.807) is 6.29 Å². The maximum atomic E-state index is 11.9. The fourth-order valence-electron chi connectivity index (χ4n) is 1.28. The van der Waals surface area contributed by atoms with Crippen molar-refractivity contribution < 1.29 is 14.3 Å². The average molecular weight is 286 g/mol. The van der Waals surface area contributed by atoms with Crippen molar-refractivity contribution in [3.05, 3.63) is 39.9 Å². The van der Waals surface area contributed by atoms with Crippen molar-refractivity contribution in [3.8, 4) is 5.75 Å². The second-order valence-electron chi connectivity index (χ2n) is 3.46. The van der Waals surface area contributed by atoms with E-state index in [2.05, 4.69) is 6.58 Å². The van der Waals surface area contributed by atoms with E-state index in [9.17, 15) is 9.59 Å². The summed E-state index contributed by atoms with van der Waals surface area (Å²) in [6.07, 6.45) is 2.11. The van der Waals surface area contributed by atoms with Crippen LogP contribution in [0, 0.1) is 0 Å². The van der Waals surface area contributed by atoms with Gasteiger partial charge in [-0.1, -0.05) is 36.7 Å². The van der Waals surface area contributed by atoms with Crippen molar-refractivity contribution in [3.63, 3.8) is 0 Å². The molecule has 0 atom stereocenters. The first-order chi connectivity index (χ1) is 8.52. The quantitative estimate of drug-likeness (QED) is 0.592. The van der Waals surface area contributed by atoms with E-state index in [1.807, 2.05) is 6.92 Å². The number of carbonyl (C=O) groups is 1. The lowest BCUT2D eigenvalue weighted by Gasteiger charge is -2.10. The van der Waals surface area contributed by atoms with Crippen molar-refractivity contribution in [1.29, 1.82) is 0 Å². The van der Waals surface area contributed by atoms with Gasteiger partial charge in [0.05, 0.1) is 5.02 Å². The highest BCUT2D eigenvalue weighted by molar-refractivity contribution is 6.45. The van der Waals surface area contributed by atoms with Crippen molar-refractivity contribution >= 4 is 35.3 Å². The van der Waals surface area contributed by atoms with Gasteiger partial charge in [-0.05, 0) is 24.1 Å². The van der Waals surface area contributed by atoms with Gasteiger partial charge in [0.25, 0.3) is 0 Å². The zero-order chi connectivity index (χ0) is 13.7. The second-order valence-corrected chi connectivity index (χ2v) is 4.21. The van der Waals surface area contributed by atoms with Gasteiger partial charge < -0.3 is 4.74 Å². The van der Waals surface area contributed by atoms with Gasteiger partial charge in [0.15, 0.2) is 12.4 Å². The van der Waals surface area contributed by atoms with Gasteiger partial charge in [-0.3, -0.25) is 9.59 Å². The van der Waals surface area contributed by atoms with Gasteiger partial charge in [0.1, 0.15) is 10.8 Å². The van der Waals surface area contributed by atoms with Crippen LogP contribution in [0.25, 0.3) is 0 Å². The minimum Gasteiger partial charge on any atom is -0.484 e. The summed E-state index contributed by atoms with van der Waals surface area (Å²) in [6.45, 7) is 5.24. The lowest BCUT2D eigenvalue weighted by molar-refractivity contribution is 0.103. The predicted octanol–water partition coefficient (Wildman–Crippen LogP) is 3.63. The van der Waals surface area contributed by atoms with Crippen molar-refractivity contribution in [2.45, 2.75) is 13.3 Å². The van der Waals surface area contributed by atoms with Gasteiger partial charge in [-0.25, -0.2) is 0 Å². The van der Waals surface area contributed by atoms with Crippen LogP contribution in [-0.2, 0) is 4.79 Å². The van der Waals surface area contributed by atoms with E-state index in [-0.39, 0.29) is 33.7 Å². The van der Waals surface area contributed by atoms with E-state index in [0.29, 0.717) is 12.0 Å². The molecule has 0 N–H and O–H groups in total. The molecule has 1 rings (SSSR count). The zero-order valence-electron chi connectivity index (χ0n) is 9.76. The Morgan fingerprint density at radius 2 is 2.06 bits per heavy atom. The second kappa shape index (κ2) is 6.57. The third-order valence-corrected chi connectivity index (χ3v) is 3.19. The molecule has 0 aliphatic heterocycles. The van der Waals surface area contributed by atoms with Crippen LogP contribution in [0.3, 0.4) is 0 Å². The number of halogens is 2. The molecule has 0 aliphatic rings. The maximum absolute atomic E-state index is 11.9. The molecule has 0 saturated carbocycles. The monoisotopic (exact) mass is 285 g/mol. The fourth-order valence-corrected chi connectivity index (χ4v) is 1.74. The summed E-state index contributed by atoms with van der Waals surface area (Å²) >= 11 is 12.0. The summed E-state index contributed by atoms with van der Waals surface area (Å²) in [7, 11) is 0. The molecule has 0 spiro atoms. The number of hydrogen-bond donors (Lipinski definition) is 0. The Kier molecular flexibility index (Phi) is 5.38. The standard InChI is InChI=1S/C13H11Cl2O3/c1-3-8(2)13(17)9-4-5-10(18-7-6-16)12(15)11(9)14/h4-5H,2-3,7H2,1H3. The van der Waals surface area contributed by atoms with E-state index in [4.69, 9.17) is 27.9 Å². The molecule has 1 radical (unpaired) electrons. The number of ether oxygens (including phenoxy) is 1. The predicted molar refractivity (Wildman–Crippen MR) is 71.4 cm³/mol. The van der Waals surface area contributed by atoms with Crippen LogP contribution in [0.2, 0.25) is 10.0 Å². The number of carbonyl (C=O) groups excluding carboxylic acids is 2. The van der Waals surface area contributed by atoms with Crippen molar-refractivity contribution in [1.82, 2.24) is 0 Å². The highest BCUT2D eigenvalue weighted by Gasteiger charge is 2.17. The number of allylic oxidation sites excluding steroid dienone is 1. The summed E-state index contributed by atoms with van der Waals surface area (Å²) in [4.78, 5) is 22.0. The molecular weight excluding hydrogens is 275 g/mol. The average Bonchev–Trinajstić information content (AvgIpc) is 2.38. The van der Waals surface area contributed by atoms with Gasteiger partial charge in [-0.15, -0.1) is 0 Å². The summed E-state index contributed by atoms with van der Waals surface area (Å²) in [5.41, 5.74) is 0.721. The molecule has 95 valence electrons. The molecule has 3 nitrogen and oxygen atoms in total. The number of hydrogen-bond acceptors (Lipinski definition) is 3. The van der Waals surface area contributed by atoms with Crippen LogP contribution in [0.5, 0.6) is 5.75 Å². The Bertz CT molecular complexity index is 495. The fraction of sp³-hybridized carbons (Fsp3) is 0.231. The van der Waals surface area contributed by atoms with Crippen LogP contribution in [0.4, 0.5) is 0 Å². The molecule has 0 amide bonds. The summed E-state index contributed by atoms with van der Waals surface area (Å²) in [5.74, 6) is -0.0124. The minimum absolute atomic E-state index is 0.0969. The summed E-state index contributed by atoms with van der Waals surface area (Å²) in [6, 6.07) is 2.99. The maximum Gasteiger partial charge on any atom is 0.239 e. The van der Waals surface area contributed by atoms with Crippen LogP contribution in [0.15, 0.2) is 24.3 Å². The number of ketones is 1. The van der Waals surface area contributed by atoms with Crippen LogP contribution in [0.1, 0.15) is 23.7 Å². The molecule has 18 heavy (non-hydrogen) atoms. The Labute approximate surface area is 115 Å². The Morgan fingerprint density at radius 3 is 2.61 bits per heavy atom. The molecule has 1 aromatic carbocycles. The van der Waals surface area contributed by atoms with Crippen LogP contribution in [-0.4, -0.2) is 18.7 Å². The normalized spacial score (nSPS) is 9.94. The van der Waals surface area contributed by atoms with Crippen molar-refractivity contribution in [2.24, 2.45) is 0 Å². The molecule has 0 unspecified atom stereocenters. The molecule has 0 aliphatic carbocycles. The van der Waals surface area contributed by atoms with E-state index >= 15 is 0 Å². The molecule has 0 heterocycles. The highest BCUT2D eigenvalue weighted by atomic mass is 35.5. The Morgan fingerprint density at radius 1 is 1.39 bits per heavy atom. The number of benzene rings is 1. The topological polar surface area (TPSA) is 43.4 Å². The Hall–Kier alpha value is -1.32. The number of Topliss-reactive ketones (excluding diaryl/α,β-unsaturated/α-hetero) is 1. The third kappa shape index (κ3) is 3.12. The van der Waals surface area contributed by atoms with E-state index in [0.717, 1.165) is 0 Å². The van der Waals surface area contributed by atoms with Crippen LogP contribution >= 0.6 is 23.2 Å². The summed E-state index contributed by atoms with van der Waals surface area (Å²) < 4.78 is 5.01. The Balaban J connectivity index is 3.11. The lowest BCUT2D eigenvalue weighted by Crippen LogP contribution is -2.04. The molecule has 0 aromatic heterocycles. The van der Waals surface area contributed by atoms with Gasteiger partial charge in [0, 0.05) is 5.56 Å². The van der Waals surface area contributed by atoms with Gasteiger partial charge in [-0.2, -0.15) is 0 Å². The van der Waals surface area contributed by atoms with Gasteiger partial charge in [0.2, 0.25) is 6.29 Å². The molecule has 1 aromatic rings. The minimum atomic E-state index is -0.252. The zero-order valence-corrected chi connectivity index (χ0v) is 11.3. The largest absolute Gasteiger partial charge is 0.484 e. The first-order valence-electron chi connectivity index (χ1n) is 5.21. The smallest absolute Gasteiger partial charge is 0.239 e. The molecule has 0 fully saturated rings.